The van der Waals surface area contributed by atoms with Gasteiger partial charge < -0.3 is 5.32 Å². The van der Waals surface area contributed by atoms with Crippen molar-refractivity contribution in [3.05, 3.63) is 40.1 Å². The molecule has 0 saturated heterocycles. The van der Waals surface area contributed by atoms with Gasteiger partial charge >= 0.3 is 0 Å². The zero-order chi connectivity index (χ0) is 14.1. The summed E-state index contributed by atoms with van der Waals surface area (Å²) in [6.45, 7) is 4.35. The Morgan fingerprint density at radius 2 is 2.05 bits per heavy atom. The van der Waals surface area contributed by atoms with Crippen molar-refractivity contribution in [2.24, 2.45) is 0 Å². The molecular formula is C15H16N2S3. The molecule has 0 aliphatic rings. The summed E-state index contributed by atoms with van der Waals surface area (Å²) in [5.41, 5.74) is 2.25. The predicted molar refractivity (Wildman–Crippen MR) is 92.5 cm³/mol. The third-order valence-corrected chi connectivity index (χ3v) is 6.30. The van der Waals surface area contributed by atoms with E-state index in [2.05, 4.69) is 60.7 Å². The van der Waals surface area contributed by atoms with Crippen LogP contribution < -0.4 is 5.32 Å². The molecule has 3 aromatic rings. The minimum Gasteiger partial charge on any atom is -0.378 e. The Hall–Kier alpha value is -1.04. The summed E-state index contributed by atoms with van der Waals surface area (Å²) < 4.78 is 2.37. The number of rotatable bonds is 4. The van der Waals surface area contributed by atoms with E-state index < -0.39 is 0 Å². The van der Waals surface area contributed by atoms with Gasteiger partial charge in [-0.1, -0.05) is 11.8 Å². The van der Waals surface area contributed by atoms with Crippen LogP contribution in [0.1, 0.15) is 22.7 Å². The van der Waals surface area contributed by atoms with E-state index in [0.29, 0.717) is 6.04 Å². The number of aromatic nitrogens is 1. The van der Waals surface area contributed by atoms with Crippen molar-refractivity contribution in [3.8, 4) is 0 Å². The van der Waals surface area contributed by atoms with Crippen LogP contribution in [-0.2, 0) is 0 Å². The summed E-state index contributed by atoms with van der Waals surface area (Å²) in [6.07, 6.45) is 2.07. The molecule has 5 heteroatoms. The van der Waals surface area contributed by atoms with Gasteiger partial charge in [0.1, 0.15) is 0 Å². The topological polar surface area (TPSA) is 24.9 Å². The summed E-state index contributed by atoms with van der Waals surface area (Å²) in [7, 11) is 0. The molecule has 0 bridgehead atoms. The molecule has 20 heavy (non-hydrogen) atoms. The lowest BCUT2D eigenvalue weighted by atomic mass is 10.2. The summed E-state index contributed by atoms with van der Waals surface area (Å²) >= 11 is 5.31. The number of hydrogen-bond acceptors (Lipinski definition) is 5. The van der Waals surface area contributed by atoms with Crippen molar-refractivity contribution >= 4 is 50.3 Å². The molecule has 0 fully saturated rings. The second kappa shape index (κ2) is 5.76. The van der Waals surface area contributed by atoms with Crippen molar-refractivity contribution in [1.82, 2.24) is 4.98 Å². The van der Waals surface area contributed by atoms with Gasteiger partial charge in [-0.2, -0.15) is 0 Å². The van der Waals surface area contributed by atoms with Gasteiger partial charge in [0.15, 0.2) is 4.34 Å². The van der Waals surface area contributed by atoms with Crippen molar-refractivity contribution in [2.75, 3.05) is 11.6 Å². The number of aryl methyl sites for hydroxylation is 1. The van der Waals surface area contributed by atoms with Gasteiger partial charge in [-0.15, -0.1) is 22.7 Å². The largest absolute Gasteiger partial charge is 0.378 e. The smallest absolute Gasteiger partial charge is 0.150 e. The summed E-state index contributed by atoms with van der Waals surface area (Å²) in [6, 6.07) is 11.1. The maximum Gasteiger partial charge on any atom is 0.150 e. The highest BCUT2D eigenvalue weighted by atomic mass is 32.2. The standard InChI is InChI=1S/C15H16N2S3/c1-9-4-7-13(19-9)10(2)16-11-5-6-12-14(8-11)20-15(17-12)18-3/h4-8,10,16H,1-3H3. The highest BCUT2D eigenvalue weighted by molar-refractivity contribution is 8.00. The number of nitrogens with zero attached hydrogens (tertiary/aromatic N) is 1. The van der Waals surface area contributed by atoms with Crippen molar-refractivity contribution in [2.45, 2.75) is 24.2 Å². The lowest BCUT2D eigenvalue weighted by Crippen LogP contribution is -2.04. The number of fused-ring (bicyclic) bond motifs is 1. The zero-order valence-electron chi connectivity index (χ0n) is 11.6. The molecule has 0 aliphatic carbocycles. The molecule has 1 N–H and O–H groups in total. The van der Waals surface area contributed by atoms with Crippen molar-refractivity contribution in [3.63, 3.8) is 0 Å². The number of thioether (sulfide) groups is 1. The summed E-state index contributed by atoms with van der Waals surface area (Å²) in [5, 5.41) is 3.57. The van der Waals surface area contributed by atoms with E-state index in [1.165, 1.54) is 14.5 Å². The Kier molecular flexibility index (Phi) is 4.01. The van der Waals surface area contributed by atoms with E-state index in [1.54, 1.807) is 23.1 Å². The average molecular weight is 321 g/mol. The number of thiophene rings is 1. The Balaban J connectivity index is 1.83. The number of thiazole rings is 1. The van der Waals surface area contributed by atoms with Gasteiger partial charge in [0, 0.05) is 15.4 Å². The second-order valence-corrected chi connectivity index (χ2v) is 8.08. The SMILES string of the molecule is CSc1nc2ccc(NC(C)c3ccc(C)s3)cc2s1. The van der Waals surface area contributed by atoms with Gasteiger partial charge in [-0.05, 0) is 50.4 Å². The van der Waals surface area contributed by atoms with E-state index >= 15 is 0 Å². The Morgan fingerprint density at radius 1 is 1.20 bits per heavy atom. The summed E-state index contributed by atoms with van der Waals surface area (Å²) in [4.78, 5) is 7.30. The van der Waals surface area contributed by atoms with Crippen LogP contribution in [0.2, 0.25) is 0 Å². The third-order valence-electron chi connectivity index (χ3n) is 3.11. The molecule has 1 aromatic carbocycles. The van der Waals surface area contributed by atoms with Crippen LogP contribution >= 0.6 is 34.4 Å². The third kappa shape index (κ3) is 2.85. The van der Waals surface area contributed by atoms with Gasteiger partial charge in [0.25, 0.3) is 0 Å². The minimum absolute atomic E-state index is 0.332. The van der Waals surface area contributed by atoms with Crippen LogP contribution in [0.3, 0.4) is 0 Å². The van der Waals surface area contributed by atoms with Crippen LogP contribution in [0, 0.1) is 6.92 Å². The number of benzene rings is 1. The van der Waals surface area contributed by atoms with E-state index in [9.17, 15) is 0 Å². The van der Waals surface area contributed by atoms with Gasteiger partial charge in [-0.3, -0.25) is 0 Å². The van der Waals surface area contributed by atoms with E-state index in [-0.39, 0.29) is 0 Å². The van der Waals surface area contributed by atoms with Crippen LogP contribution in [0.5, 0.6) is 0 Å². The molecule has 0 aliphatic heterocycles. The minimum atomic E-state index is 0.332. The monoisotopic (exact) mass is 320 g/mol. The molecule has 3 rings (SSSR count). The van der Waals surface area contributed by atoms with Crippen LogP contribution in [-0.4, -0.2) is 11.2 Å². The van der Waals surface area contributed by atoms with E-state index in [4.69, 9.17) is 0 Å². The number of nitrogens with one attached hydrogen (secondary N) is 1. The molecule has 104 valence electrons. The Morgan fingerprint density at radius 3 is 2.75 bits per heavy atom. The average Bonchev–Trinajstić information content (AvgIpc) is 3.03. The fourth-order valence-corrected chi connectivity index (χ4v) is 4.50. The lowest BCUT2D eigenvalue weighted by Gasteiger charge is -2.13. The van der Waals surface area contributed by atoms with Gasteiger partial charge in [0.05, 0.1) is 16.3 Å². The zero-order valence-corrected chi connectivity index (χ0v) is 14.1. The number of anilines is 1. The molecule has 2 nitrogen and oxygen atoms in total. The molecule has 0 saturated carbocycles. The molecule has 0 spiro atoms. The quantitative estimate of drug-likeness (QED) is 0.637. The first kappa shape index (κ1) is 13.9. The fraction of sp³-hybridized carbons (Fsp3) is 0.267. The van der Waals surface area contributed by atoms with E-state index in [1.807, 2.05) is 11.3 Å². The van der Waals surface area contributed by atoms with Gasteiger partial charge in [0.2, 0.25) is 0 Å². The molecule has 1 unspecified atom stereocenters. The highest BCUT2D eigenvalue weighted by Crippen LogP contribution is 2.31. The predicted octanol–water partition coefficient (Wildman–Crippen LogP) is 5.56. The lowest BCUT2D eigenvalue weighted by molar-refractivity contribution is 0.909. The van der Waals surface area contributed by atoms with Gasteiger partial charge in [-0.25, -0.2) is 4.98 Å². The molecular weight excluding hydrogens is 304 g/mol. The first-order chi connectivity index (χ1) is 9.65. The van der Waals surface area contributed by atoms with E-state index in [0.717, 1.165) is 15.5 Å². The first-order valence-electron chi connectivity index (χ1n) is 6.43. The Bertz CT molecular complexity index is 730. The highest BCUT2D eigenvalue weighted by Gasteiger charge is 2.09. The Labute approximate surface area is 131 Å². The second-order valence-electron chi connectivity index (χ2n) is 4.68. The fourth-order valence-electron chi connectivity index (χ4n) is 2.09. The maximum absolute atomic E-state index is 4.57. The van der Waals surface area contributed by atoms with Crippen molar-refractivity contribution < 1.29 is 0 Å². The normalized spacial score (nSPS) is 12.8. The van der Waals surface area contributed by atoms with Crippen molar-refractivity contribution in [1.29, 1.82) is 0 Å². The first-order valence-corrected chi connectivity index (χ1v) is 9.29. The summed E-state index contributed by atoms with van der Waals surface area (Å²) in [5.74, 6) is 0. The molecule has 1 atom stereocenters. The maximum atomic E-state index is 4.57. The number of hydrogen-bond donors (Lipinski definition) is 1. The van der Waals surface area contributed by atoms with Crippen LogP contribution in [0.25, 0.3) is 10.2 Å². The molecule has 0 radical (unpaired) electrons. The van der Waals surface area contributed by atoms with Crippen LogP contribution in [0.15, 0.2) is 34.7 Å². The molecule has 0 amide bonds. The molecule has 2 heterocycles. The molecule has 2 aromatic heterocycles. The van der Waals surface area contributed by atoms with Crippen LogP contribution in [0.4, 0.5) is 5.69 Å².